The second-order valence-corrected chi connectivity index (χ2v) is 6.91. The summed E-state index contributed by atoms with van der Waals surface area (Å²) in [7, 11) is 0. The predicted octanol–water partition coefficient (Wildman–Crippen LogP) is 4.97. The van der Waals surface area contributed by atoms with Crippen LogP contribution in [0.1, 0.15) is 17.5 Å². The Bertz CT molecular complexity index is 1180. The van der Waals surface area contributed by atoms with Gasteiger partial charge in [0.05, 0.1) is 24.7 Å². The molecule has 1 aromatic heterocycles. The molecule has 0 aliphatic heterocycles. The number of nitrogens with zero attached hydrogens (tertiary/aromatic N) is 4. The lowest BCUT2D eigenvalue weighted by atomic mass is 10.1. The molecule has 0 saturated carbocycles. The van der Waals surface area contributed by atoms with E-state index in [9.17, 15) is 10.1 Å². The van der Waals surface area contributed by atoms with Gasteiger partial charge in [-0.15, -0.1) is 0 Å². The molecular formula is C23H18ClN5O. The minimum Gasteiger partial charge on any atom is -0.321 e. The molecule has 1 N–H and O–H groups in total. The summed E-state index contributed by atoms with van der Waals surface area (Å²) in [5.74, 6) is -0.536. The highest BCUT2D eigenvalue weighted by atomic mass is 35.5. The van der Waals surface area contributed by atoms with Gasteiger partial charge in [-0.2, -0.15) is 15.6 Å². The smallest absolute Gasteiger partial charge is 0.266 e. The van der Waals surface area contributed by atoms with E-state index in [0.29, 0.717) is 34.9 Å². The van der Waals surface area contributed by atoms with Crippen LogP contribution in [0.25, 0.3) is 17.3 Å². The van der Waals surface area contributed by atoms with Crippen LogP contribution >= 0.6 is 11.6 Å². The Kier molecular flexibility index (Phi) is 6.64. The average molecular weight is 416 g/mol. The highest BCUT2D eigenvalue weighted by molar-refractivity contribution is 6.31. The van der Waals surface area contributed by atoms with E-state index in [1.807, 2.05) is 36.4 Å². The molecule has 0 unspecified atom stereocenters. The van der Waals surface area contributed by atoms with Crippen LogP contribution in [0.15, 0.2) is 60.3 Å². The van der Waals surface area contributed by atoms with Gasteiger partial charge >= 0.3 is 0 Å². The molecular weight excluding hydrogens is 398 g/mol. The third kappa shape index (κ3) is 4.75. The number of nitriles is 2. The minimum absolute atomic E-state index is 0.0635. The molecule has 148 valence electrons. The second kappa shape index (κ2) is 9.56. The first-order chi connectivity index (χ1) is 14.5. The van der Waals surface area contributed by atoms with Gasteiger partial charge in [-0.3, -0.25) is 9.48 Å². The Morgan fingerprint density at radius 1 is 1.20 bits per heavy atom. The van der Waals surface area contributed by atoms with E-state index in [1.165, 1.54) is 6.08 Å². The molecule has 1 heterocycles. The molecule has 0 radical (unpaired) electrons. The quantitative estimate of drug-likeness (QED) is 0.454. The minimum atomic E-state index is -0.536. The average Bonchev–Trinajstić information content (AvgIpc) is 3.17. The van der Waals surface area contributed by atoms with E-state index in [4.69, 9.17) is 16.9 Å². The zero-order valence-corrected chi connectivity index (χ0v) is 17.0. The first kappa shape index (κ1) is 20.9. The first-order valence-corrected chi connectivity index (χ1v) is 9.59. The van der Waals surface area contributed by atoms with Crippen molar-refractivity contribution < 1.29 is 4.79 Å². The Morgan fingerprint density at radius 3 is 2.67 bits per heavy atom. The fraction of sp³-hybridized carbons (Fsp3) is 0.130. The summed E-state index contributed by atoms with van der Waals surface area (Å²) in [6.07, 6.45) is 3.54. The number of hydrogen-bond acceptors (Lipinski definition) is 4. The summed E-state index contributed by atoms with van der Waals surface area (Å²) in [4.78, 5) is 12.7. The summed E-state index contributed by atoms with van der Waals surface area (Å²) in [6, 6.07) is 18.7. The number of nitrogens with one attached hydrogen (secondary N) is 1. The molecule has 30 heavy (non-hydrogen) atoms. The van der Waals surface area contributed by atoms with Crippen LogP contribution in [0.4, 0.5) is 5.69 Å². The maximum atomic E-state index is 12.7. The van der Waals surface area contributed by atoms with Gasteiger partial charge in [0.2, 0.25) is 0 Å². The van der Waals surface area contributed by atoms with Gasteiger partial charge in [-0.1, -0.05) is 48.0 Å². The van der Waals surface area contributed by atoms with Gasteiger partial charge in [-0.05, 0) is 30.7 Å². The Balaban J connectivity index is 1.97. The van der Waals surface area contributed by atoms with Gasteiger partial charge < -0.3 is 5.32 Å². The van der Waals surface area contributed by atoms with Crippen LogP contribution in [0.2, 0.25) is 5.02 Å². The number of halogens is 1. The summed E-state index contributed by atoms with van der Waals surface area (Å²) >= 11 is 6.11. The monoisotopic (exact) mass is 415 g/mol. The Labute approximate surface area is 179 Å². The lowest BCUT2D eigenvalue weighted by molar-refractivity contribution is -0.112. The van der Waals surface area contributed by atoms with Gasteiger partial charge in [0.1, 0.15) is 11.6 Å². The first-order valence-electron chi connectivity index (χ1n) is 9.21. The summed E-state index contributed by atoms with van der Waals surface area (Å²) in [5, 5.41) is 26.2. The number of hydrogen-bond donors (Lipinski definition) is 1. The molecule has 0 saturated heterocycles. The number of carbonyl (C=O) groups excluding carboxylic acids is 1. The van der Waals surface area contributed by atoms with Crippen LogP contribution in [-0.2, 0) is 11.3 Å². The van der Waals surface area contributed by atoms with Crippen LogP contribution in [0.5, 0.6) is 0 Å². The fourth-order valence-corrected chi connectivity index (χ4v) is 3.05. The highest BCUT2D eigenvalue weighted by Crippen LogP contribution is 2.26. The summed E-state index contributed by atoms with van der Waals surface area (Å²) < 4.78 is 1.64. The standard InChI is InChI=1S/C23H18ClN5O/c1-16-20(24)9-5-10-21(16)27-23(30)18(14-26)13-19-15-29(12-6-11-25)28-22(19)17-7-3-2-4-8-17/h2-5,7-10,13,15H,6,12H2,1H3,(H,27,30)/b18-13+. The number of amides is 1. The molecule has 0 fully saturated rings. The molecule has 3 rings (SSSR count). The molecule has 0 spiro atoms. The van der Waals surface area contributed by atoms with Gasteiger partial charge in [0.25, 0.3) is 5.91 Å². The largest absolute Gasteiger partial charge is 0.321 e. The normalized spacial score (nSPS) is 10.9. The van der Waals surface area contributed by atoms with Gasteiger partial charge in [0, 0.05) is 28.0 Å². The van der Waals surface area contributed by atoms with E-state index in [-0.39, 0.29) is 5.57 Å². The molecule has 0 atom stereocenters. The SMILES string of the molecule is Cc1c(Cl)cccc1NC(=O)/C(C#N)=C/c1cn(CCC#N)nc1-c1ccccc1. The summed E-state index contributed by atoms with van der Waals surface area (Å²) in [6.45, 7) is 2.21. The molecule has 6 nitrogen and oxygen atoms in total. The van der Waals surface area contributed by atoms with Crippen LogP contribution in [-0.4, -0.2) is 15.7 Å². The lowest BCUT2D eigenvalue weighted by Crippen LogP contribution is -2.14. The Hall–Kier alpha value is -3.87. The molecule has 2 aromatic carbocycles. The van der Waals surface area contributed by atoms with Crippen molar-refractivity contribution in [3.05, 3.63) is 76.5 Å². The van der Waals surface area contributed by atoms with E-state index in [2.05, 4.69) is 16.5 Å². The number of benzene rings is 2. The van der Waals surface area contributed by atoms with Crippen LogP contribution in [0, 0.1) is 29.6 Å². The van der Waals surface area contributed by atoms with E-state index < -0.39 is 5.91 Å². The van der Waals surface area contributed by atoms with Crippen molar-refractivity contribution in [2.75, 3.05) is 5.32 Å². The van der Waals surface area contributed by atoms with Crippen molar-refractivity contribution in [1.29, 1.82) is 10.5 Å². The molecule has 0 bridgehead atoms. The van der Waals surface area contributed by atoms with E-state index >= 15 is 0 Å². The molecule has 0 aliphatic rings. The third-order valence-corrected chi connectivity index (χ3v) is 4.88. The van der Waals surface area contributed by atoms with Crippen molar-refractivity contribution in [2.45, 2.75) is 19.9 Å². The van der Waals surface area contributed by atoms with Crippen molar-refractivity contribution in [3.63, 3.8) is 0 Å². The summed E-state index contributed by atoms with van der Waals surface area (Å²) in [5.41, 5.74) is 3.30. The predicted molar refractivity (Wildman–Crippen MR) is 116 cm³/mol. The fourth-order valence-electron chi connectivity index (χ4n) is 2.88. The van der Waals surface area contributed by atoms with Crippen LogP contribution in [0.3, 0.4) is 0 Å². The number of rotatable bonds is 6. The third-order valence-electron chi connectivity index (χ3n) is 4.47. The number of aryl methyl sites for hydroxylation is 1. The number of anilines is 1. The van der Waals surface area contributed by atoms with Crippen LogP contribution < -0.4 is 5.32 Å². The van der Waals surface area contributed by atoms with Gasteiger partial charge in [-0.25, -0.2) is 0 Å². The van der Waals surface area contributed by atoms with Crippen molar-refractivity contribution >= 4 is 29.3 Å². The molecule has 7 heteroatoms. The topological polar surface area (TPSA) is 94.5 Å². The second-order valence-electron chi connectivity index (χ2n) is 6.51. The Morgan fingerprint density at radius 2 is 1.97 bits per heavy atom. The molecule has 3 aromatic rings. The lowest BCUT2D eigenvalue weighted by Gasteiger charge is -2.08. The maximum absolute atomic E-state index is 12.7. The number of aromatic nitrogens is 2. The zero-order chi connectivity index (χ0) is 21.5. The van der Waals surface area contributed by atoms with Crippen molar-refractivity contribution in [3.8, 4) is 23.4 Å². The molecule has 0 aliphatic carbocycles. The van der Waals surface area contributed by atoms with Gasteiger partial charge in [0.15, 0.2) is 0 Å². The van der Waals surface area contributed by atoms with E-state index in [0.717, 1.165) is 11.1 Å². The van der Waals surface area contributed by atoms with Crippen molar-refractivity contribution in [1.82, 2.24) is 9.78 Å². The highest BCUT2D eigenvalue weighted by Gasteiger charge is 2.15. The van der Waals surface area contributed by atoms with Crippen molar-refractivity contribution in [2.24, 2.45) is 0 Å². The zero-order valence-electron chi connectivity index (χ0n) is 16.3. The van der Waals surface area contributed by atoms with E-state index in [1.54, 1.807) is 36.0 Å². The maximum Gasteiger partial charge on any atom is 0.266 e. The number of carbonyl (C=O) groups is 1. The molecule has 1 amide bonds.